The molecular weight excluding hydrogens is 404 g/mol. The van der Waals surface area contributed by atoms with Gasteiger partial charge in [0, 0.05) is 6.92 Å². The second kappa shape index (κ2) is 9.34. The summed E-state index contributed by atoms with van der Waals surface area (Å²) in [4.78, 5) is 11.4. The Morgan fingerprint density at radius 2 is 1.52 bits per heavy atom. The molecule has 0 aromatic heterocycles. The summed E-state index contributed by atoms with van der Waals surface area (Å²) in [5.74, 6) is 6.95. The van der Waals surface area contributed by atoms with Gasteiger partial charge < -0.3 is 4.74 Å². The monoisotopic (exact) mass is 456 g/mol. The van der Waals surface area contributed by atoms with E-state index in [1.54, 1.807) is 12.5 Å². The van der Waals surface area contributed by atoms with Crippen LogP contribution in [0.2, 0.25) is 0 Å². The van der Waals surface area contributed by atoms with E-state index >= 15 is 0 Å². The van der Waals surface area contributed by atoms with Crippen molar-refractivity contribution in [3.8, 4) is 0 Å². The SMILES string of the molecule is CC(=O)OCC1CC[C@@]2(C)C1CCC1C2CC[C@]2(C)C(C(C)/C=C(\C)[C@H](C)C(C)C)CCC12. The molecule has 4 aliphatic carbocycles. The van der Waals surface area contributed by atoms with Crippen molar-refractivity contribution in [1.29, 1.82) is 0 Å². The zero-order valence-electron chi connectivity index (χ0n) is 23.0. The van der Waals surface area contributed by atoms with Gasteiger partial charge in [0.15, 0.2) is 0 Å². The molecule has 4 rings (SSSR count). The lowest BCUT2D eigenvalue weighted by Crippen LogP contribution is -2.51. The van der Waals surface area contributed by atoms with Gasteiger partial charge in [-0.15, -0.1) is 0 Å². The molecule has 0 N–H and O–H groups in total. The molecule has 4 fully saturated rings. The highest BCUT2D eigenvalue weighted by Gasteiger charge is 2.62. The maximum atomic E-state index is 11.4. The van der Waals surface area contributed by atoms with Crippen LogP contribution in [-0.4, -0.2) is 12.6 Å². The Balaban J connectivity index is 1.48. The number of esters is 1. The number of allylic oxidation sites excluding steroid dienone is 2. The molecule has 0 saturated heterocycles. The third-order valence-electron chi connectivity index (χ3n) is 12.0. The summed E-state index contributed by atoms with van der Waals surface area (Å²) in [5.41, 5.74) is 2.61. The van der Waals surface area contributed by atoms with Gasteiger partial charge in [-0.2, -0.15) is 0 Å². The van der Waals surface area contributed by atoms with E-state index in [1.165, 1.54) is 51.4 Å². The van der Waals surface area contributed by atoms with Crippen molar-refractivity contribution in [3.05, 3.63) is 11.6 Å². The molecule has 188 valence electrons. The smallest absolute Gasteiger partial charge is 0.302 e. The van der Waals surface area contributed by atoms with Gasteiger partial charge in [0.2, 0.25) is 0 Å². The summed E-state index contributed by atoms with van der Waals surface area (Å²) in [6.07, 6.45) is 13.8. The summed E-state index contributed by atoms with van der Waals surface area (Å²) in [7, 11) is 0. The molecule has 0 aliphatic heterocycles. The van der Waals surface area contributed by atoms with E-state index in [9.17, 15) is 4.79 Å². The quantitative estimate of drug-likeness (QED) is 0.297. The molecule has 4 saturated carbocycles. The Kier molecular flexibility index (Phi) is 7.17. The van der Waals surface area contributed by atoms with E-state index in [0.717, 1.165) is 35.5 Å². The summed E-state index contributed by atoms with van der Waals surface area (Å²) in [6.45, 7) is 19.6. The number of hydrogen-bond acceptors (Lipinski definition) is 2. The van der Waals surface area contributed by atoms with Crippen molar-refractivity contribution >= 4 is 5.97 Å². The number of hydrogen-bond donors (Lipinski definition) is 0. The fraction of sp³-hybridized carbons (Fsp3) is 0.903. The van der Waals surface area contributed by atoms with Gasteiger partial charge in [-0.05, 0) is 122 Å². The predicted octanol–water partition coefficient (Wildman–Crippen LogP) is 8.31. The van der Waals surface area contributed by atoms with E-state index in [1.807, 2.05) is 0 Å². The van der Waals surface area contributed by atoms with Gasteiger partial charge in [-0.1, -0.05) is 53.2 Å². The average Bonchev–Trinajstić information content (AvgIpc) is 3.28. The first-order valence-corrected chi connectivity index (χ1v) is 14.3. The molecule has 7 unspecified atom stereocenters. The minimum atomic E-state index is -0.107. The van der Waals surface area contributed by atoms with Crippen molar-refractivity contribution in [2.75, 3.05) is 6.61 Å². The first-order valence-electron chi connectivity index (χ1n) is 14.3. The van der Waals surface area contributed by atoms with Gasteiger partial charge >= 0.3 is 5.97 Å². The highest BCUT2D eigenvalue weighted by molar-refractivity contribution is 5.65. The number of ether oxygens (including phenoxy) is 1. The summed E-state index contributed by atoms with van der Waals surface area (Å²) >= 11 is 0. The van der Waals surface area contributed by atoms with Crippen molar-refractivity contribution in [1.82, 2.24) is 0 Å². The normalized spacial score (nSPS) is 44.7. The van der Waals surface area contributed by atoms with Crippen molar-refractivity contribution in [2.45, 2.75) is 107 Å². The van der Waals surface area contributed by atoms with Crippen LogP contribution in [-0.2, 0) is 9.53 Å². The summed E-state index contributed by atoms with van der Waals surface area (Å²) < 4.78 is 5.50. The molecule has 2 nitrogen and oxygen atoms in total. The molecule has 10 atom stereocenters. The lowest BCUT2D eigenvalue weighted by Gasteiger charge is -2.58. The van der Waals surface area contributed by atoms with Crippen molar-refractivity contribution in [3.63, 3.8) is 0 Å². The van der Waals surface area contributed by atoms with E-state index < -0.39 is 0 Å². The molecule has 0 radical (unpaired) electrons. The van der Waals surface area contributed by atoms with Crippen LogP contribution in [0.25, 0.3) is 0 Å². The van der Waals surface area contributed by atoms with Gasteiger partial charge in [0.05, 0.1) is 6.61 Å². The van der Waals surface area contributed by atoms with E-state index in [2.05, 4.69) is 54.5 Å². The number of fused-ring (bicyclic) bond motifs is 5. The van der Waals surface area contributed by atoms with Crippen LogP contribution in [0.5, 0.6) is 0 Å². The minimum Gasteiger partial charge on any atom is -0.466 e. The lowest BCUT2D eigenvalue weighted by molar-refractivity contribution is -0.144. The molecule has 33 heavy (non-hydrogen) atoms. The highest BCUT2D eigenvalue weighted by Crippen LogP contribution is 2.69. The Morgan fingerprint density at radius 1 is 0.879 bits per heavy atom. The topological polar surface area (TPSA) is 26.3 Å². The second-order valence-electron chi connectivity index (χ2n) is 13.7. The second-order valence-corrected chi connectivity index (χ2v) is 13.7. The molecule has 0 spiro atoms. The molecule has 2 heteroatoms. The Labute approximate surface area is 204 Å². The molecule has 0 aromatic rings. The third-order valence-corrected chi connectivity index (χ3v) is 12.0. The molecule has 4 aliphatic rings. The lowest BCUT2D eigenvalue weighted by atomic mass is 9.47. The molecule has 0 heterocycles. The Morgan fingerprint density at radius 3 is 2.18 bits per heavy atom. The molecule has 0 aromatic carbocycles. The predicted molar refractivity (Wildman–Crippen MR) is 138 cm³/mol. The van der Waals surface area contributed by atoms with Gasteiger partial charge in [-0.25, -0.2) is 0 Å². The largest absolute Gasteiger partial charge is 0.466 e. The number of carbonyl (C=O) groups is 1. The first kappa shape index (κ1) is 25.3. The van der Waals surface area contributed by atoms with Crippen LogP contribution in [0, 0.1) is 64.1 Å². The van der Waals surface area contributed by atoms with Crippen molar-refractivity contribution in [2.24, 2.45) is 64.1 Å². The Bertz CT molecular complexity index is 752. The fourth-order valence-corrected chi connectivity index (χ4v) is 9.86. The molecule has 0 bridgehead atoms. The Hall–Kier alpha value is -0.790. The van der Waals surface area contributed by atoms with Crippen LogP contribution in [0.15, 0.2) is 11.6 Å². The van der Waals surface area contributed by atoms with Gasteiger partial charge in [0.25, 0.3) is 0 Å². The van der Waals surface area contributed by atoms with Crippen LogP contribution in [0.3, 0.4) is 0 Å². The molecular formula is C31H52O2. The molecule has 0 amide bonds. The van der Waals surface area contributed by atoms with E-state index in [4.69, 9.17) is 4.74 Å². The first-order chi connectivity index (χ1) is 15.5. The van der Waals surface area contributed by atoms with Crippen LogP contribution >= 0.6 is 0 Å². The van der Waals surface area contributed by atoms with Crippen LogP contribution in [0.4, 0.5) is 0 Å². The zero-order chi connectivity index (χ0) is 24.1. The maximum absolute atomic E-state index is 11.4. The van der Waals surface area contributed by atoms with Gasteiger partial charge in [-0.3, -0.25) is 4.79 Å². The third kappa shape index (κ3) is 4.35. The van der Waals surface area contributed by atoms with Crippen molar-refractivity contribution < 1.29 is 9.53 Å². The standard InChI is InChI=1S/C31H52O2/c1-19(2)22(5)20(3)17-21(4)26-11-12-28-25-9-10-27-24(18-33-23(6)32)13-15-31(27,8)29(25)14-16-30(26,28)7/h17,19,21-22,24-29H,9-16,18H2,1-8H3/b20-17+/t21?,22-,24?,25?,26?,27?,28?,29?,30-,31+/m1/s1. The van der Waals surface area contributed by atoms with Crippen LogP contribution < -0.4 is 0 Å². The number of rotatable bonds is 6. The maximum Gasteiger partial charge on any atom is 0.302 e. The zero-order valence-corrected chi connectivity index (χ0v) is 23.0. The average molecular weight is 457 g/mol. The van der Waals surface area contributed by atoms with Crippen LogP contribution in [0.1, 0.15) is 107 Å². The number of carbonyl (C=O) groups excluding carboxylic acids is 1. The summed E-state index contributed by atoms with van der Waals surface area (Å²) in [5, 5.41) is 0. The van der Waals surface area contributed by atoms with E-state index in [0.29, 0.717) is 35.2 Å². The summed E-state index contributed by atoms with van der Waals surface area (Å²) in [6, 6.07) is 0. The highest BCUT2D eigenvalue weighted by atomic mass is 16.5. The van der Waals surface area contributed by atoms with E-state index in [-0.39, 0.29) is 5.97 Å². The fourth-order valence-electron chi connectivity index (χ4n) is 9.86. The minimum absolute atomic E-state index is 0.107. The van der Waals surface area contributed by atoms with Gasteiger partial charge in [0.1, 0.15) is 0 Å².